The molecule has 0 unspecified atom stereocenters. The quantitative estimate of drug-likeness (QED) is 0.707. The number of aromatic nitrogens is 2. The summed E-state index contributed by atoms with van der Waals surface area (Å²) >= 11 is 0. The Labute approximate surface area is 161 Å². The van der Waals surface area contributed by atoms with Crippen LogP contribution in [0.15, 0.2) is 59.4 Å². The van der Waals surface area contributed by atoms with E-state index in [4.69, 9.17) is 9.78 Å². The molecule has 0 aliphatic carbocycles. The minimum atomic E-state index is -1.04. The van der Waals surface area contributed by atoms with Gasteiger partial charge in [0.1, 0.15) is 28.8 Å². The van der Waals surface area contributed by atoms with Crippen LogP contribution >= 0.6 is 0 Å². The van der Waals surface area contributed by atoms with Crippen LogP contribution < -0.4 is 10.6 Å². The van der Waals surface area contributed by atoms with E-state index in [1.54, 1.807) is 19.9 Å². The highest BCUT2D eigenvalue weighted by Gasteiger charge is 2.22. The van der Waals surface area contributed by atoms with E-state index in [9.17, 15) is 9.59 Å². The van der Waals surface area contributed by atoms with Gasteiger partial charge < -0.3 is 15.2 Å². The second-order valence-corrected chi connectivity index (χ2v) is 6.52. The first-order valence-corrected chi connectivity index (χ1v) is 8.40. The van der Waals surface area contributed by atoms with Crippen LogP contribution in [0.2, 0.25) is 0 Å². The summed E-state index contributed by atoms with van der Waals surface area (Å²) in [6.07, 6.45) is 2.66. The molecule has 0 fully saturated rings. The molecule has 0 atom stereocenters. The van der Waals surface area contributed by atoms with Gasteiger partial charge in [-0.25, -0.2) is 0 Å². The van der Waals surface area contributed by atoms with Crippen molar-refractivity contribution >= 4 is 17.5 Å². The van der Waals surface area contributed by atoms with Crippen LogP contribution in [0, 0.1) is 11.3 Å². The number of nitrogens with zero attached hydrogens (tertiary/aromatic N) is 3. The minimum absolute atomic E-state index is 0.0785. The first-order chi connectivity index (χ1) is 13.4. The lowest BCUT2D eigenvalue weighted by molar-refractivity contribution is 0.0923. The molecule has 1 aromatic carbocycles. The topological polar surface area (TPSA) is 121 Å². The molecular weight excluding hydrogens is 358 g/mol. The molecule has 3 aromatic rings. The van der Waals surface area contributed by atoms with Crippen LogP contribution in [-0.4, -0.2) is 27.5 Å². The van der Waals surface area contributed by atoms with Crippen molar-refractivity contribution in [1.82, 2.24) is 15.5 Å². The highest BCUT2D eigenvalue weighted by Crippen LogP contribution is 2.23. The Morgan fingerprint density at radius 3 is 2.61 bits per heavy atom. The maximum atomic E-state index is 12.7. The molecule has 8 nitrogen and oxygen atoms in total. The monoisotopic (exact) mass is 375 g/mol. The van der Waals surface area contributed by atoms with Crippen LogP contribution in [-0.2, 0) is 0 Å². The van der Waals surface area contributed by atoms with E-state index in [-0.39, 0.29) is 11.3 Å². The van der Waals surface area contributed by atoms with E-state index in [2.05, 4.69) is 20.8 Å². The Bertz CT molecular complexity index is 1050. The predicted octanol–water partition coefficient (Wildman–Crippen LogP) is 3.02. The van der Waals surface area contributed by atoms with Crippen molar-refractivity contribution in [2.75, 3.05) is 5.32 Å². The smallest absolute Gasteiger partial charge is 0.271 e. The zero-order valence-corrected chi connectivity index (χ0v) is 15.3. The highest BCUT2D eigenvalue weighted by molar-refractivity contribution is 6.08. The van der Waals surface area contributed by atoms with Crippen LogP contribution in [0.25, 0.3) is 11.3 Å². The van der Waals surface area contributed by atoms with Crippen molar-refractivity contribution in [3.8, 4) is 17.3 Å². The van der Waals surface area contributed by atoms with Gasteiger partial charge in [-0.05, 0) is 26.0 Å². The maximum absolute atomic E-state index is 12.7. The molecule has 0 saturated heterocycles. The molecule has 0 radical (unpaired) electrons. The van der Waals surface area contributed by atoms with Crippen LogP contribution in [0.1, 0.15) is 34.7 Å². The molecule has 2 aromatic heterocycles. The van der Waals surface area contributed by atoms with Gasteiger partial charge >= 0.3 is 0 Å². The summed E-state index contributed by atoms with van der Waals surface area (Å²) in [4.78, 5) is 28.9. The number of pyridine rings is 1. The third kappa shape index (κ3) is 4.22. The zero-order chi connectivity index (χ0) is 20.1. The van der Waals surface area contributed by atoms with Gasteiger partial charge in [-0.1, -0.05) is 35.5 Å². The lowest BCUT2D eigenvalue weighted by Crippen LogP contribution is -2.42. The Morgan fingerprint density at radius 2 is 1.89 bits per heavy atom. The second-order valence-electron chi connectivity index (χ2n) is 6.52. The van der Waals surface area contributed by atoms with Crippen molar-refractivity contribution in [3.63, 3.8) is 0 Å². The van der Waals surface area contributed by atoms with Crippen molar-refractivity contribution in [2.45, 2.75) is 19.4 Å². The van der Waals surface area contributed by atoms with E-state index < -0.39 is 17.4 Å². The fraction of sp³-hybridized carbons (Fsp3) is 0.150. The van der Waals surface area contributed by atoms with Crippen molar-refractivity contribution in [1.29, 1.82) is 5.26 Å². The lowest BCUT2D eigenvalue weighted by atomic mass is 10.1. The predicted molar refractivity (Wildman–Crippen MR) is 101 cm³/mol. The van der Waals surface area contributed by atoms with Gasteiger partial charge in [0.2, 0.25) is 0 Å². The number of hydrogen-bond acceptors (Lipinski definition) is 6. The average Bonchev–Trinajstić information content (AvgIpc) is 3.18. The van der Waals surface area contributed by atoms with Gasteiger partial charge in [0.15, 0.2) is 0 Å². The Morgan fingerprint density at radius 1 is 1.14 bits per heavy atom. The van der Waals surface area contributed by atoms with E-state index in [0.717, 1.165) is 5.56 Å². The number of hydrogen-bond donors (Lipinski definition) is 2. The van der Waals surface area contributed by atoms with Gasteiger partial charge in [-0.2, -0.15) is 5.26 Å². The summed E-state index contributed by atoms with van der Waals surface area (Å²) in [6, 6.07) is 14.1. The van der Waals surface area contributed by atoms with Gasteiger partial charge in [-0.15, -0.1) is 0 Å². The molecule has 8 heteroatoms. The van der Waals surface area contributed by atoms with E-state index >= 15 is 0 Å². The summed E-state index contributed by atoms with van der Waals surface area (Å²) in [7, 11) is 0. The third-order valence-electron chi connectivity index (χ3n) is 3.82. The van der Waals surface area contributed by atoms with Gasteiger partial charge in [0.05, 0.1) is 6.07 Å². The molecular formula is C20H17N5O3. The van der Waals surface area contributed by atoms with Crippen molar-refractivity contribution < 1.29 is 14.1 Å². The molecule has 2 heterocycles. The van der Waals surface area contributed by atoms with Gasteiger partial charge in [0.25, 0.3) is 11.8 Å². The summed E-state index contributed by atoms with van der Waals surface area (Å²) in [5.74, 6) is -0.951. The molecule has 0 aliphatic heterocycles. The van der Waals surface area contributed by atoms with E-state index in [0.29, 0.717) is 11.4 Å². The number of benzene rings is 1. The average molecular weight is 375 g/mol. The Balaban J connectivity index is 1.79. The van der Waals surface area contributed by atoms with Crippen LogP contribution in [0.3, 0.4) is 0 Å². The maximum Gasteiger partial charge on any atom is 0.271 e. The molecule has 0 spiro atoms. The molecule has 28 heavy (non-hydrogen) atoms. The largest absolute Gasteiger partial charge is 0.363 e. The van der Waals surface area contributed by atoms with Crippen LogP contribution in [0.5, 0.6) is 0 Å². The van der Waals surface area contributed by atoms with E-state index in [1.807, 2.05) is 36.4 Å². The van der Waals surface area contributed by atoms with Crippen molar-refractivity contribution in [3.05, 3.63) is 66.2 Å². The first kappa shape index (κ1) is 18.8. The molecule has 0 saturated carbocycles. The third-order valence-corrected chi connectivity index (χ3v) is 3.82. The molecule has 3 rings (SSSR count). The SMILES string of the molecule is CC(C)(C#N)NC(=O)c1cc(NC(=O)c2conc2-c2ccccc2)ccn1. The number of anilines is 1. The van der Waals surface area contributed by atoms with Crippen LogP contribution in [0.4, 0.5) is 5.69 Å². The lowest BCUT2D eigenvalue weighted by Gasteiger charge is -2.17. The number of nitrogens with one attached hydrogen (secondary N) is 2. The standard InChI is InChI=1S/C20H17N5O3/c1-20(2,12-21)24-19(27)16-10-14(8-9-22-16)23-18(26)15-11-28-25-17(15)13-6-4-3-5-7-13/h3-11H,1-2H3,(H,24,27)(H,22,23,26). The summed E-state index contributed by atoms with van der Waals surface area (Å²) < 4.78 is 4.97. The Hall–Kier alpha value is -3.99. The number of carbonyl (C=O) groups is 2. The number of nitriles is 1. The highest BCUT2D eigenvalue weighted by atomic mass is 16.5. The van der Waals surface area contributed by atoms with E-state index in [1.165, 1.54) is 18.5 Å². The number of rotatable bonds is 5. The minimum Gasteiger partial charge on any atom is -0.363 e. The summed E-state index contributed by atoms with van der Waals surface area (Å²) in [5.41, 5.74) is 0.843. The van der Waals surface area contributed by atoms with Gasteiger partial charge in [-0.3, -0.25) is 14.6 Å². The zero-order valence-electron chi connectivity index (χ0n) is 15.3. The normalized spacial score (nSPS) is 10.8. The molecule has 0 bridgehead atoms. The van der Waals surface area contributed by atoms with Crippen molar-refractivity contribution in [2.24, 2.45) is 0 Å². The number of carbonyl (C=O) groups excluding carboxylic acids is 2. The molecule has 140 valence electrons. The Kier molecular flexibility index (Phi) is 5.18. The second kappa shape index (κ2) is 7.72. The molecule has 2 amide bonds. The summed E-state index contributed by atoms with van der Waals surface area (Å²) in [5, 5.41) is 18.2. The van der Waals surface area contributed by atoms with Gasteiger partial charge in [0, 0.05) is 17.4 Å². The molecule has 0 aliphatic rings. The molecule has 2 N–H and O–H groups in total. The number of amides is 2. The summed E-state index contributed by atoms with van der Waals surface area (Å²) in [6.45, 7) is 3.15. The first-order valence-electron chi connectivity index (χ1n) is 8.40. The fourth-order valence-electron chi connectivity index (χ4n) is 2.41. The fourth-order valence-corrected chi connectivity index (χ4v) is 2.41.